The van der Waals surface area contributed by atoms with Crippen molar-refractivity contribution in [1.82, 2.24) is 10.6 Å². The number of nitrogens with one attached hydrogen (secondary N) is 2. The molecule has 1 aromatic carbocycles. The van der Waals surface area contributed by atoms with Crippen molar-refractivity contribution in [3.63, 3.8) is 0 Å². The SMILES string of the molecule is COc1c(C)cc(Cl)cc1CNC(=O)NC(C)(C)C. The Morgan fingerprint density at radius 3 is 2.53 bits per heavy atom. The van der Waals surface area contributed by atoms with Crippen LogP contribution in [-0.4, -0.2) is 18.7 Å². The molecule has 1 aromatic rings. The van der Waals surface area contributed by atoms with E-state index in [0.29, 0.717) is 11.6 Å². The Morgan fingerprint density at radius 1 is 1.37 bits per heavy atom. The summed E-state index contributed by atoms with van der Waals surface area (Å²) in [5.74, 6) is 0.750. The Labute approximate surface area is 119 Å². The van der Waals surface area contributed by atoms with Gasteiger partial charge in [0.2, 0.25) is 0 Å². The van der Waals surface area contributed by atoms with Crippen molar-refractivity contribution >= 4 is 17.6 Å². The third-order valence-corrected chi connectivity index (χ3v) is 2.67. The molecule has 0 radical (unpaired) electrons. The zero-order valence-corrected chi connectivity index (χ0v) is 12.8. The molecular weight excluding hydrogens is 264 g/mol. The number of carbonyl (C=O) groups is 1. The van der Waals surface area contributed by atoms with E-state index in [-0.39, 0.29) is 11.6 Å². The maximum atomic E-state index is 11.7. The van der Waals surface area contributed by atoms with Gasteiger partial charge in [0.05, 0.1) is 7.11 Å². The van der Waals surface area contributed by atoms with Gasteiger partial charge in [-0.2, -0.15) is 0 Å². The highest BCUT2D eigenvalue weighted by Gasteiger charge is 2.14. The Balaban J connectivity index is 2.75. The third-order valence-electron chi connectivity index (χ3n) is 2.45. The van der Waals surface area contributed by atoms with Crippen molar-refractivity contribution in [2.45, 2.75) is 39.8 Å². The van der Waals surface area contributed by atoms with Gasteiger partial charge in [-0.25, -0.2) is 4.79 Å². The summed E-state index contributed by atoms with van der Waals surface area (Å²) in [4.78, 5) is 11.7. The second kappa shape index (κ2) is 6.15. The number of ether oxygens (including phenoxy) is 1. The maximum Gasteiger partial charge on any atom is 0.315 e. The van der Waals surface area contributed by atoms with Gasteiger partial charge in [0.25, 0.3) is 0 Å². The molecule has 1 rings (SSSR count). The lowest BCUT2D eigenvalue weighted by molar-refractivity contribution is 0.231. The molecule has 0 saturated heterocycles. The van der Waals surface area contributed by atoms with Crippen LogP contribution >= 0.6 is 11.6 Å². The molecule has 0 atom stereocenters. The molecule has 0 aliphatic carbocycles. The van der Waals surface area contributed by atoms with E-state index in [1.165, 1.54) is 0 Å². The molecule has 0 spiro atoms. The van der Waals surface area contributed by atoms with E-state index in [1.807, 2.05) is 33.8 Å². The van der Waals surface area contributed by atoms with Crippen LogP contribution in [0.4, 0.5) is 4.79 Å². The Hall–Kier alpha value is -1.42. The lowest BCUT2D eigenvalue weighted by Crippen LogP contribution is -2.46. The fourth-order valence-electron chi connectivity index (χ4n) is 1.78. The number of rotatable bonds is 3. The van der Waals surface area contributed by atoms with Crippen LogP contribution in [0, 0.1) is 6.92 Å². The van der Waals surface area contributed by atoms with E-state index in [9.17, 15) is 4.79 Å². The number of urea groups is 1. The zero-order chi connectivity index (χ0) is 14.6. The molecule has 0 saturated carbocycles. The van der Waals surface area contributed by atoms with Gasteiger partial charge in [0.15, 0.2) is 0 Å². The monoisotopic (exact) mass is 284 g/mol. The highest BCUT2D eigenvalue weighted by molar-refractivity contribution is 6.30. The van der Waals surface area contributed by atoms with Gasteiger partial charge in [-0.05, 0) is 45.4 Å². The van der Waals surface area contributed by atoms with Crippen molar-refractivity contribution < 1.29 is 9.53 Å². The van der Waals surface area contributed by atoms with Crippen LogP contribution in [0.2, 0.25) is 5.02 Å². The summed E-state index contributed by atoms with van der Waals surface area (Å²) in [5, 5.41) is 6.26. The molecule has 0 aromatic heterocycles. The van der Waals surface area contributed by atoms with Crippen LogP contribution in [-0.2, 0) is 6.54 Å². The van der Waals surface area contributed by atoms with Crippen molar-refractivity contribution in [3.8, 4) is 5.75 Å². The smallest absolute Gasteiger partial charge is 0.315 e. The predicted octanol–water partition coefficient (Wildman–Crippen LogP) is 3.25. The number of halogens is 1. The maximum absolute atomic E-state index is 11.7. The Bertz CT molecular complexity index is 467. The number of hydrogen-bond acceptors (Lipinski definition) is 2. The molecule has 106 valence electrons. The number of carbonyl (C=O) groups excluding carboxylic acids is 1. The van der Waals surface area contributed by atoms with E-state index in [2.05, 4.69) is 10.6 Å². The number of hydrogen-bond donors (Lipinski definition) is 2. The average Bonchev–Trinajstić information content (AvgIpc) is 2.23. The fourth-order valence-corrected chi connectivity index (χ4v) is 2.08. The summed E-state index contributed by atoms with van der Waals surface area (Å²) < 4.78 is 5.33. The normalized spacial score (nSPS) is 11.1. The van der Waals surface area contributed by atoms with Gasteiger partial charge in [0.1, 0.15) is 5.75 Å². The summed E-state index contributed by atoms with van der Waals surface area (Å²) in [6, 6.07) is 3.41. The standard InChI is InChI=1S/C14H21ClN2O2/c1-9-6-11(15)7-10(12(9)19-5)8-16-13(18)17-14(2,3)4/h6-7H,8H2,1-5H3,(H2,16,17,18). The van der Waals surface area contributed by atoms with Crippen LogP contribution < -0.4 is 15.4 Å². The number of benzene rings is 1. The highest BCUT2D eigenvalue weighted by atomic mass is 35.5. The summed E-state index contributed by atoms with van der Waals surface area (Å²) in [5.41, 5.74) is 1.54. The lowest BCUT2D eigenvalue weighted by atomic mass is 10.1. The molecule has 0 bridgehead atoms. The van der Waals surface area contributed by atoms with Crippen LogP contribution in [0.1, 0.15) is 31.9 Å². The summed E-state index contributed by atoms with van der Waals surface area (Å²) in [7, 11) is 1.61. The summed E-state index contributed by atoms with van der Waals surface area (Å²) >= 11 is 6.02. The van der Waals surface area contributed by atoms with E-state index in [1.54, 1.807) is 13.2 Å². The second-order valence-electron chi connectivity index (χ2n) is 5.47. The highest BCUT2D eigenvalue weighted by Crippen LogP contribution is 2.27. The second-order valence-corrected chi connectivity index (χ2v) is 5.91. The number of aryl methyl sites for hydroxylation is 1. The summed E-state index contributed by atoms with van der Waals surface area (Å²) in [6.45, 7) is 8.07. The van der Waals surface area contributed by atoms with Gasteiger partial charge in [-0.15, -0.1) is 0 Å². The molecule has 0 unspecified atom stereocenters. The number of methoxy groups -OCH3 is 1. The van der Waals surface area contributed by atoms with Crippen LogP contribution in [0.15, 0.2) is 12.1 Å². The minimum absolute atomic E-state index is 0.216. The van der Waals surface area contributed by atoms with E-state index in [0.717, 1.165) is 16.9 Å². The molecule has 19 heavy (non-hydrogen) atoms. The molecular formula is C14H21ClN2O2. The van der Waals surface area contributed by atoms with Gasteiger partial charge < -0.3 is 15.4 Å². The fraction of sp³-hybridized carbons (Fsp3) is 0.500. The third kappa shape index (κ3) is 4.99. The quantitative estimate of drug-likeness (QED) is 0.895. The van der Waals surface area contributed by atoms with E-state index < -0.39 is 0 Å². The lowest BCUT2D eigenvalue weighted by Gasteiger charge is -2.21. The van der Waals surface area contributed by atoms with Gasteiger partial charge in [0, 0.05) is 22.7 Å². The Kier molecular flexibility index (Phi) is 5.06. The molecule has 0 fully saturated rings. The van der Waals surface area contributed by atoms with E-state index >= 15 is 0 Å². The Morgan fingerprint density at radius 2 is 2.00 bits per heavy atom. The molecule has 0 heterocycles. The van der Waals surface area contributed by atoms with Crippen molar-refractivity contribution in [2.24, 2.45) is 0 Å². The first-order valence-corrected chi connectivity index (χ1v) is 6.50. The van der Waals surface area contributed by atoms with Crippen LogP contribution in [0.3, 0.4) is 0 Å². The first-order chi connectivity index (χ1) is 8.73. The minimum atomic E-state index is -0.265. The molecule has 0 aliphatic heterocycles. The molecule has 5 heteroatoms. The van der Waals surface area contributed by atoms with Crippen molar-refractivity contribution in [2.75, 3.05) is 7.11 Å². The van der Waals surface area contributed by atoms with Gasteiger partial charge in [-0.3, -0.25) is 0 Å². The largest absolute Gasteiger partial charge is 0.496 e. The topological polar surface area (TPSA) is 50.4 Å². The van der Waals surface area contributed by atoms with Crippen molar-refractivity contribution in [1.29, 1.82) is 0 Å². The van der Waals surface area contributed by atoms with Crippen LogP contribution in [0.5, 0.6) is 5.75 Å². The predicted molar refractivity (Wildman–Crippen MR) is 77.9 cm³/mol. The zero-order valence-electron chi connectivity index (χ0n) is 12.1. The first-order valence-electron chi connectivity index (χ1n) is 6.12. The summed E-state index contributed by atoms with van der Waals surface area (Å²) in [6.07, 6.45) is 0. The molecule has 4 nitrogen and oxygen atoms in total. The molecule has 0 aliphatic rings. The van der Waals surface area contributed by atoms with Crippen molar-refractivity contribution in [3.05, 3.63) is 28.3 Å². The van der Waals surface area contributed by atoms with Crippen LogP contribution in [0.25, 0.3) is 0 Å². The minimum Gasteiger partial charge on any atom is -0.496 e. The number of amides is 2. The van der Waals surface area contributed by atoms with Gasteiger partial charge in [-0.1, -0.05) is 11.6 Å². The average molecular weight is 285 g/mol. The van der Waals surface area contributed by atoms with E-state index in [4.69, 9.17) is 16.3 Å². The first kappa shape index (κ1) is 15.6. The van der Waals surface area contributed by atoms with Gasteiger partial charge >= 0.3 is 6.03 Å². The molecule has 2 N–H and O–H groups in total. The molecule has 2 amide bonds.